The van der Waals surface area contributed by atoms with Gasteiger partial charge in [0.15, 0.2) is 0 Å². The fraction of sp³-hybridized carbons (Fsp3) is 0.385. The van der Waals surface area contributed by atoms with Gasteiger partial charge in [0, 0.05) is 12.1 Å². The van der Waals surface area contributed by atoms with Gasteiger partial charge < -0.3 is 15.8 Å². The van der Waals surface area contributed by atoms with Gasteiger partial charge in [-0.25, -0.2) is 4.79 Å². The molecule has 0 aliphatic rings. The number of amides is 1. The SMILES string of the molecule is Br.C[C@H](N)C(=O)N[C@@H](C)C(=O)OCc1ccc([N+](=O)[O-])cc1. The number of non-ortho nitro benzene ring substituents is 1. The lowest BCUT2D eigenvalue weighted by atomic mass is 10.2. The molecule has 0 unspecified atom stereocenters. The van der Waals surface area contributed by atoms with Crippen molar-refractivity contribution in [1.29, 1.82) is 0 Å². The molecular formula is C13H18BrN3O5. The summed E-state index contributed by atoms with van der Waals surface area (Å²) >= 11 is 0. The smallest absolute Gasteiger partial charge is 0.328 e. The number of carbonyl (C=O) groups is 2. The molecule has 0 saturated heterocycles. The van der Waals surface area contributed by atoms with E-state index in [4.69, 9.17) is 10.5 Å². The van der Waals surface area contributed by atoms with Crippen LogP contribution in [0.4, 0.5) is 5.69 Å². The van der Waals surface area contributed by atoms with Crippen molar-refractivity contribution < 1.29 is 19.2 Å². The fourth-order valence-corrected chi connectivity index (χ4v) is 1.40. The van der Waals surface area contributed by atoms with Crippen molar-refractivity contribution in [2.24, 2.45) is 5.73 Å². The van der Waals surface area contributed by atoms with E-state index in [1.165, 1.54) is 38.1 Å². The number of ether oxygens (including phenoxy) is 1. The van der Waals surface area contributed by atoms with Gasteiger partial charge in [0.2, 0.25) is 5.91 Å². The van der Waals surface area contributed by atoms with Crippen molar-refractivity contribution in [3.63, 3.8) is 0 Å². The number of nitrogens with two attached hydrogens (primary N) is 1. The van der Waals surface area contributed by atoms with Gasteiger partial charge in [-0.05, 0) is 31.5 Å². The first-order valence-electron chi connectivity index (χ1n) is 6.27. The van der Waals surface area contributed by atoms with E-state index in [1.807, 2.05) is 0 Å². The summed E-state index contributed by atoms with van der Waals surface area (Å²) in [5, 5.41) is 12.9. The number of nitro groups is 1. The van der Waals surface area contributed by atoms with Crippen LogP contribution < -0.4 is 11.1 Å². The molecule has 0 saturated carbocycles. The highest BCUT2D eigenvalue weighted by Gasteiger charge is 2.18. The molecule has 22 heavy (non-hydrogen) atoms. The topological polar surface area (TPSA) is 125 Å². The number of hydrogen-bond donors (Lipinski definition) is 2. The third-order valence-corrected chi connectivity index (χ3v) is 2.65. The average Bonchev–Trinajstić information content (AvgIpc) is 2.44. The van der Waals surface area contributed by atoms with Crippen molar-refractivity contribution in [2.45, 2.75) is 32.5 Å². The zero-order valence-corrected chi connectivity index (χ0v) is 13.9. The lowest BCUT2D eigenvalue weighted by molar-refractivity contribution is -0.384. The summed E-state index contributed by atoms with van der Waals surface area (Å²) in [7, 11) is 0. The molecule has 0 aromatic heterocycles. The van der Waals surface area contributed by atoms with Gasteiger partial charge in [-0.15, -0.1) is 17.0 Å². The molecule has 1 aromatic carbocycles. The molecule has 8 nitrogen and oxygen atoms in total. The summed E-state index contributed by atoms with van der Waals surface area (Å²) in [6, 6.07) is 4.11. The molecule has 0 aliphatic carbocycles. The molecule has 1 rings (SSSR count). The summed E-state index contributed by atoms with van der Waals surface area (Å²) in [4.78, 5) is 33.0. The quantitative estimate of drug-likeness (QED) is 0.435. The Balaban J connectivity index is 0.00000441. The van der Waals surface area contributed by atoms with Crippen LogP contribution in [0.1, 0.15) is 19.4 Å². The van der Waals surface area contributed by atoms with Crippen LogP contribution in [0.25, 0.3) is 0 Å². The molecule has 0 fully saturated rings. The molecule has 122 valence electrons. The van der Waals surface area contributed by atoms with E-state index in [0.29, 0.717) is 5.56 Å². The van der Waals surface area contributed by atoms with E-state index < -0.39 is 28.9 Å². The highest BCUT2D eigenvalue weighted by molar-refractivity contribution is 8.93. The monoisotopic (exact) mass is 375 g/mol. The maximum absolute atomic E-state index is 11.7. The maximum Gasteiger partial charge on any atom is 0.328 e. The molecule has 0 aliphatic heterocycles. The van der Waals surface area contributed by atoms with E-state index in [-0.39, 0.29) is 29.3 Å². The number of carbonyl (C=O) groups excluding carboxylic acids is 2. The Hall–Kier alpha value is -2.00. The minimum atomic E-state index is -0.818. The van der Waals surface area contributed by atoms with Gasteiger partial charge in [-0.3, -0.25) is 14.9 Å². The number of hydrogen-bond acceptors (Lipinski definition) is 6. The minimum absolute atomic E-state index is 0. The second-order valence-electron chi connectivity index (χ2n) is 4.55. The number of esters is 1. The van der Waals surface area contributed by atoms with E-state index in [2.05, 4.69) is 5.32 Å². The Kier molecular flexibility index (Phi) is 8.28. The maximum atomic E-state index is 11.7. The van der Waals surface area contributed by atoms with E-state index in [0.717, 1.165) is 0 Å². The van der Waals surface area contributed by atoms with Gasteiger partial charge >= 0.3 is 5.97 Å². The lowest BCUT2D eigenvalue weighted by Gasteiger charge is -2.14. The van der Waals surface area contributed by atoms with Crippen LogP contribution >= 0.6 is 17.0 Å². The number of rotatable bonds is 6. The molecule has 9 heteroatoms. The largest absolute Gasteiger partial charge is 0.459 e. The second-order valence-corrected chi connectivity index (χ2v) is 4.55. The summed E-state index contributed by atoms with van der Waals surface area (Å²) in [5.74, 6) is -1.06. The third kappa shape index (κ3) is 6.19. The number of halogens is 1. The van der Waals surface area contributed by atoms with Crippen molar-refractivity contribution in [3.05, 3.63) is 39.9 Å². The second kappa shape index (κ2) is 9.11. The Morgan fingerprint density at radius 3 is 2.32 bits per heavy atom. The lowest BCUT2D eigenvalue weighted by Crippen LogP contribution is -2.46. The van der Waals surface area contributed by atoms with Crippen molar-refractivity contribution in [2.75, 3.05) is 0 Å². The predicted molar refractivity (Wildman–Crippen MR) is 84.5 cm³/mol. The number of nitrogens with one attached hydrogen (secondary N) is 1. The van der Waals surface area contributed by atoms with Gasteiger partial charge in [0.05, 0.1) is 11.0 Å². The van der Waals surface area contributed by atoms with Gasteiger partial charge in [0.25, 0.3) is 5.69 Å². The van der Waals surface area contributed by atoms with Crippen molar-refractivity contribution in [1.82, 2.24) is 5.32 Å². The summed E-state index contributed by atoms with van der Waals surface area (Å²) in [6.45, 7) is 2.96. The van der Waals surface area contributed by atoms with Crippen LogP contribution in [0.2, 0.25) is 0 Å². The Morgan fingerprint density at radius 2 is 1.86 bits per heavy atom. The predicted octanol–water partition coefficient (Wildman–Crippen LogP) is 1.07. The molecule has 0 spiro atoms. The van der Waals surface area contributed by atoms with Gasteiger partial charge in [-0.2, -0.15) is 0 Å². The van der Waals surface area contributed by atoms with Crippen molar-refractivity contribution >= 4 is 34.5 Å². The number of nitro benzene ring substituents is 1. The van der Waals surface area contributed by atoms with E-state index in [1.54, 1.807) is 0 Å². The van der Waals surface area contributed by atoms with E-state index >= 15 is 0 Å². The van der Waals surface area contributed by atoms with Crippen LogP contribution in [0.5, 0.6) is 0 Å². The normalized spacial score (nSPS) is 12.5. The minimum Gasteiger partial charge on any atom is -0.459 e. The molecule has 2 atom stereocenters. The summed E-state index contributed by atoms with van der Waals surface area (Å²) in [5.41, 5.74) is 5.94. The van der Waals surface area contributed by atoms with Crippen molar-refractivity contribution in [3.8, 4) is 0 Å². The van der Waals surface area contributed by atoms with Crippen LogP contribution in [0, 0.1) is 10.1 Å². The first-order chi connectivity index (χ1) is 9.81. The molecule has 0 radical (unpaired) electrons. The van der Waals surface area contributed by atoms with Crippen LogP contribution in [0.15, 0.2) is 24.3 Å². The first-order valence-corrected chi connectivity index (χ1v) is 6.27. The van der Waals surface area contributed by atoms with Gasteiger partial charge in [-0.1, -0.05) is 0 Å². The highest BCUT2D eigenvalue weighted by atomic mass is 79.9. The number of benzene rings is 1. The van der Waals surface area contributed by atoms with E-state index in [9.17, 15) is 19.7 Å². The zero-order chi connectivity index (χ0) is 16.0. The summed E-state index contributed by atoms with van der Waals surface area (Å²) < 4.78 is 5.01. The number of nitrogens with zero attached hydrogens (tertiary/aromatic N) is 1. The zero-order valence-electron chi connectivity index (χ0n) is 12.1. The molecule has 1 amide bonds. The van der Waals surface area contributed by atoms with Crippen LogP contribution in [0.3, 0.4) is 0 Å². The Bertz CT molecular complexity index is 533. The Labute approximate surface area is 137 Å². The molecule has 0 bridgehead atoms. The first kappa shape index (κ1) is 20.0. The Morgan fingerprint density at radius 1 is 1.32 bits per heavy atom. The summed E-state index contributed by atoms with van der Waals surface area (Å²) in [6.07, 6.45) is 0. The molecule has 3 N–H and O–H groups in total. The van der Waals surface area contributed by atoms with Crippen LogP contribution in [-0.4, -0.2) is 28.9 Å². The highest BCUT2D eigenvalue weighted by Crippen LogP contribution is 2.12. The molecule has 1 aromatic rings. The average molecular weight is 376 g/mol. The standard InChI is InChI=1S/C13H17N3O5.BrH/c1-8(14)12(17)15-9(2)13(18)21-7-10-3-5-11(6-4-10)16(19)20;/h3-6,8-9H,7,14H2,1-2H3,(H,15,17);1H/t8-,9-;/m0./s1. The fourth-order valence-electron chi connectivity index (χ4n) is 1.40. The third-order valence-electron chi connectivity index (χ3n) is 2.65. The van der Waals surface area contributed by atoms with Crippen LogP contribution in [-0.2, 0) is 20.9 Å². The molecular weight excluding hydrogens is 358 g/mol. The molecule has 0 heterocycles. The van der Waals surface area contributed by atoms with Gasteiger partial charge in [0.1, 0.15) is 12.6 Å².